The van der Waals surface area contributed by atoms with Crippen LogP contribution in [0.25, 0.3) is 16.1 Å². The van der Waals surface area contributed by atoms with E-state index < -0.39 is 0 Å². The molecule has 0 aliphatic rings. The molecule has 0 aliphatic heterocycles. The summed E-state index contributed by atoms with van der Waals surface area (Å²) in [5.74, 6) is 1.07. The third kappa shape index (κ3) is 3.18. The lowest BCUT2D eigenvalue weighted by Crippen LogP contribution is -1.99. The molecule has 0 saturated heterocycles. The van der Waals surface area contributed by atoms with Crippen molar-refractivity contribution < 1.29 is 9.47 Å². The summed E-state index contributed by atoms with van der Waals surface area (Å²) in [7, 11) is 0. The van der Waals surface area contributed by atoms with Crippen LogP contribution in [-0.4, -0.2) is 13.2 Å². The second-order valence-corrected chi connectivity index (χ2v) is 5.23. The number of thiol groups is 1. The van der Waals surface area contributed by atoms with E-state index in [0.29, 0.717) is 35.3 Å². The predicted molar refractivity (Wildman–Crippen MR) is 90.9 cm³/mol. The molecular weight excluding hydrogens is 296 g/mol. The van der Waals surface area contributed by atoms with Gasteiger partial charge in [0.05, 0.1) is 24.2 Å². The Balaban J connectivity index is 2.74. The Kier molecular flexibility index (Phi) is 5.29. The highest BCUT2D eigenvalue weighted by Crippen LogP contribution is 2.47. The molecule has 0 bridgehead atoms. The molecule has 0 spiro atoms. The standard InChI is InChI=1S/C17H18N2O2S/c1-4-20-14-10-13(19-18)16(21-5-2)15(17(14)22)12-8-6-11(3)7-9-12/h6-10H,4-5H2,1-3H3/p+1. The fourth-order valence-electron chi connectivity index (χ4n) is 2.24. The second-order valence-electron chi connectivity index (χ2n) is 4.78. The molecule has 0 aromatic heterocycles. The SMILES string of the molecule is CCOc1cc([N+]#N)c(OCC)c(-c2ccc(C)cc2)c1S. The Labute approximate surface area is 136 Å². The van der Waals surface area contributed by atoms with Crippen molar-refractivity contribution in [2.45, 2.75) is 25.7 Å². The maximum absolute atomic E-state index is 9.31. The van der Waals surface area contributed by atoms with Gasteiger partial charge in [0.15, 0.2) is 4.98 Å². The van der Waals surface area contributed by atoms with Crippen molar-refractivity contribution in [1.29, 1.82) is 5.39 Å². The Morgan fingerprint density at radius 3 is 2.27 bits per heavy atom. The van der Waals surface area contributed by atoms with E-state index in [1.165, 1.54) is 0 Å². The molecule has 0 unspecified atom stereocenters. The normalized spacial score (nSPS) is 10.1. The molecule has 2 rings (SSSR count). The molecule has 0 saturated carbocycles. The van der Waals surface area contributed by atoms with Gasteiger partial charge in [-0.15, -0.1) is 12.6 Å². The summed E-state index contributed by atoms with van der Waals surface area (Å²) in [5.41, 5.74) is 3.20. The van der Waals surface area contributed by atoms with E-state index in [1.807, 2.05) is 45.0 Å². The van der Waals surface area contributed by atoms with E-state index in [1.54, 1.807) is 6.07 Å². The summed E-state index contributed by atoms with van der Waals surface area (Å²) in [6, 6.07) is 9.64. The van der Waals surface area contributed by atoms with Gasteiger partial charge in [-0.25, -0.2) is 0 Å². The van der Waals surface area contributed by atoms with Crippen LogP contribution in [0.15, 0.2) is 35.2 Å². The minimum atomic E-state index is 0.332. The van der Waals surface area contributed by atoms with E-state index >= 15 is 0 Å². The van der Waals surface area contributed by atoms with Crippen molar-refractivity contribution in [2.24, 2.45) is 0 Å². The van der Waals surface area contributed by atoms with Crippen LogP contribution in [0, 0.1) is 12.3 Å². The van der Waals surface area contributed by atoms with E-state index in [0.717, 1.165) is 16.7 Å². The molecule has 5 heteroatoms. The van der Waals surface area contributed by atoms with Gasteiger partial charge in [0, 0.05) is 5.56 Å². The molecule has 2 aromatic rings. The fourth-order valence-corrected chi connectivity index (χ4v) is 2.59. The average molecular weight is 315 g/mol. The number of rotatable bonds is 5. The van der Waals surface area contributed by atoms with Gasteiger partial charge < -0.3 is 9.47 Å². The van der Waals surface area contributed by atoms with Crippen molar-refractivity contribution >= 4 is 18.3 Å². The quantitative estimate of drug-likeness (QED) is 0.607. The lowest BCUT2D eigenvalue weighted by molar-refractivity contribution is 0.326. The zero-order chi connectivity index (χ0) is 16.1. The first kappa shape index (κ1) is 16.2. The molecular formula is C17H19N2O2S+. The van der Waals surface area contributed by atoms with Crippen molar-refractivity contribution in [3.8, 4) is 22.6 Å². The van der Waals surface area contributed by atoms with Gasteiger partial charge in [-0.3, -0.25) is 0 Å². The van der Waals surface area contributed by atoms with E-state index in [-0.39, 0.29) is 0 Å². The number of hydrogen-bond donors (Lipinski definition) is 1. The molecule has 0 fully saturated rings. The topological polar surface area (TPSA) is 46.6 Å². The second kappa shape index (κ2) is 7.19. The number of ether oxygens (including phenoxy) is 2. The van der Waals surface area contributed by atoms with Crippen molar-refractivity contribution in [3.05, 3.63) is 40.9 Å². The molecule has 4 nitrogen and oxygen atoms in total. The average Bonchev–Trinajstić information content (AvgIpc) is 2.52. The monoisotopic (exact) mass is 315 g/mol. The zero-order valence-electron chi connectivity index (χ0n) is 13.0. The highest BCUT2D eigenvalue weighted by atomic mass is 32.1. The van der Waals surface area contributed by atoms with Crippen LogP contribution in [0.5, 0.6) is 11.5 Å². The van der Waals surface area contributed by atoms with Gasteiger partial charge >= 0.3 is 5.69 Å². The lowest BCUT2D eigenvalue weighted by Gasteiger charge is -2.14. The van der Waals surface area contributed by atoms with E-state index in [9.17, 15) is 5.39 Å². The summed E-state index contributed by atoms with van der Waals surface area (Å²) in [6.07, 6.45) is 0. The van der Waals surface area contributed by atoms with Gasteiger partial charge in [0.1, 0.15) is 5.75 Å². The highest BCUT2D eigenvalue weighted by molar-refractivity contribution is 7.80. The summed E-state index contributed by atoms with van der Waals surface area (Å²) in [5, 5.41) is 9.31. The maximum Gasteiger partial charge on any atom is 0.430 e. The van der Waals surface area contributed by atoms with Gasteiger partial charge in [-0.2, -0.15) is 0 Å². The molecule has 0 atom stereocenters. The van der Waals surface area contributed by atoms with E-state index in [2.05, 4.69) is 17.6 Å². The van der Waals surface area contributed by atoms with Crippen LogP contribution < -0.4 is 9.47 Å². The lowest BCUT2D eigenvalue weighted by atomic mass is 10.0. The summed E-state index contributed by atoms with van der Waals surface area (Å²) < 4.78 is 11.3. The Bertz CT molecular complexity index is 706. The molecule has 0 heterocycles. The zero-order valence-corrected chi connectivity index (χ0v) is 13.9. The van der Waals surface area contributed by atoms with Crippen LogP contribution in [0.3, 0.4) is 0 Å². The number of diazo groups is 1. The van der Waals surface area contributed by atoms with Crippen LogP contribution in [0.1, 0.15) is 19.4 Å². The molecule has 114 valence electrons. The Hall–Kier alpha value is -2.19. The molecule has 0 aliphatic carbocycles. The van der Waals surface area contributed by atoms with Crippen molar-refractivity contribution in [1.82, 2.24) is 0 Å². The first-order valence-corrected chi connectivity index (χ1v) is 7.64. The van der Waals surface area contributed by atoms with Crippen LogP contribution in [-0.2, 0) is 0 Å². The van der Waals surface area contributed by atoms with Crippen LogP contribution >= 0.6 is 12.6 Å². The summed E-state index contributed by atoms with van der Waals surface area (Å²) in [4.78, 5) is 4.01. The molecule has 0 radical (unpaired) electrons. The summed E-state index contributed by atoms with van der Waals surface area (Å²) >= 11 is 4.60. The largest absolute Gasteiger partial charge is 0.492 e. The Morgan fingerprint density at radius 1 is 1.09 bits per heavy atom. The van der Waals surface area contributed by atoms with Gasteiger partial charge in [-0.1, -0.05) is 29.8 Å². The number of hydrogen-bond acceptors (Lipinski definition) is 4. The van der Waals surface area contributed by atoms with Gasteiger partial charge in [0.25, 0.3) is 0 Å². The third-order valence-electron chi connectivity index (χ3n) is 3.23. The van der Waals surface area contributed by atoms with Crippen molar-refractivity contribution in [2.75, 3.05) is 13.2 Å². The van der Waals surface area contributed by atoms with Gasteiger partial charge in [0.2, 0.25) is 11.1 Å². The summed E-state index contributed by atoms with van der Waals surface area (Å²) in [6.45, 7) is 6.77. The Morgan fingerprint density at radius 2 is 1.73 bits per heavy atom. The minimum Gasteiger partial charge on any atom is -0.492 e. The number of benzene rings is 2. The van der Waals surface area contributed by atoms with Crippen molar-refractivity contribution in [3.63, 3.8) is 0 Å². The van der Waals surface area contributed by atoms with E-state index in [4.69, 9.17) is 9.47 Å². The van der Waals surface area contributed by atoms with Crippen LogP contribution in [0.2, 0.25) is 0 Å². The number of aryl methyl sites for hydroxylation is 1. The molecule has 2 aromatic carbocycles. The fraction of sp³-hybridized carbons (Fsp3) is 0.294. The predicted octanol–water partition coefficient (Wildman–Crippen LogP) is 5.23. The first-order chi connectivity index (χ1) is 10.6. The highest BCUT2D eigenvalue weighted by Gasteiger charge is 2.27. The minimum absolute atomic E-state index is 0.332. The number of nitrogens with zero attached hydrogens (tertiary/aromatic N) is 2. The van der Waals surface area contributed by atoms with Crippen LogP contribution in [0.4, 0.5) is 5.69 Å². The first-order valence-electron chi connectivity index (χ1n) is 7.20. The molecule has 0 amide bonds. The van der Waals surface area contributed by atoms with Gasteiger partial charge in [-0.05, 0) is 26.3 Å². The third-order valence-corrected chi connectivity index (χ3v) is 3.68. The smallest absolute Gasteiger partial charge is 0.430 e. The molecule has 0 N–H and O–H groups in total. The maximum atomic E-state index is 9.31. The molecule has 22 heavy (non-hydrogen) atoms.